The topological polar surface area (TPSA) is 80.9 Å². The molecule has 0 spiro atoms. The largest absolute Gasteiger partial charge is 0.416 e. The lowest BCUT2D eigenvalue weighted by molar-refractivity contribution is -0.137. The third-order valence-electron chi connectivity index (χ3n) is 4.95. The summed E-state index contributed by atoms with van der Waals surface area (Å²) in [6.45, 7) is 1.89. The molecular formula is C23H16ClF3N4O. The Labute approximate surface area is 186 Å². The van der Waals surface area contributed by atoms with E-state index < -0.39 is 17.6 Å². The van der Waals surface area contributed by atoms with Crippen LogP contribution in [0.5, 0.6) is 0 Å². The normalized spacial score (nSPS) is 11.5. The Bertz CT molecular complexity index is 1360. The number of halogens is 4. The van der Waals surface area contributed by atoms with Crippen molar-refractivity contribution in [1.29, 1.82) is 0 Å². The third-order valence-corrected chi connectivity index (χ3v) is 5.28. The highest BCUT2D eigenvalue weighted by atomic mass is 35.5. The number of fused-ring (bicyclic) bond motifs is 1. The molecular weight excluding hydrogens is 441 g/mol. The van der Waals surface area contributed by atoms with Gasteiger partial charge in [0, 0.05) is 17.1 Å². The average molecular weight is 457 g/mol. The molecule has 0 atom stereocenters. The Morgan fingerprint density at radius 2 is 1.84 bits per heavy atom. The summed E-state index contributed by atoms with van der Waals surface area (Å²) in [4.78, 5) is 21.0. The van der Waals surface area contributed by atoms with Crippen LogP contribution in [0.4, 0.5) is 24.8 Å². The van der Waals surface area contributed by atoms with Crippen LogP contribution in [0.2, 0.25) is 5.02 Å². The van der Waals surface area contributed by atoms with E-state index in [-0.39, 0.29) is 22.2 Å². The van der Waals surface area contributed by atoms with Gasteiger partial charge in [-0.3, -0.25) is 4.79 Å². The van der Waals surface area contributed by atoms with Crippen LogP contribution in [0.3, 0.4) is 0 Å². The molecule has 162 valence electrons. The monoisotopic (exact) mass is 456 g/mol. The number of anilines is 2. The summed E-state index contributed by atoms with van der Waals surface area (Å²) >= 11 is 5.99. The van der Waals surface area contributed by atoms with Gasteiger partial charge in [-0.2, -0.15) is 13.2 Å². The third kappa shape index (κ3) is 4.36. The minimum absolute atomic E-state index is 0.00693. The van der Waals surface area contributed by atoms with Gasteiger partial charge in [0.1, 0.15) is 0 Å². The Kier molecular flexibility index (Phi) is 5.48. The number of benzene rings is 3. The summed E-state index contributed by atoms with van der Waals surface area (Å²) < 4.78 is 39.0. The van der Waals surface area contributed by atoms with E-state index in [1.165, 1.54) is 0 Å². The molecule has 1 aromatic heterocycles. The van der Waals surface area contributed by atoms with Crippen molar-refractivity contribution in [1.82, 2.24) is 9.97 Å². The van der Waals surface area contributed by atoms with Crippen LogP contribution in [-0.4, -0.2) is 15.9 Å². The van der Waals surface area contributed by atoms with Gasteiger partial charge in [-0.1, -0.05) is 23.7 Å². The first-order valence-electron chi connectivity index (χ1n) is 9.43. The summed E-state index contributed by atoms with van der Waals surface area (Å²) in [5.74, 6) is -0.405. The maximum absolute atomic E-state index is 13.0. The van der Waals surface area contributed by atoms with Crippen LogP contribution in [0, 0.1) is 6.92 Å². The number of nitrogen functional groups attached to an aromatic ring is 1. The van der Waals surface area contributed by atoms with Gasteiger partial charge in [0.05, 0.1) is 21.8 Å². The summed E-state index contributed by atoms with van der Waals surface area (Å²) in [6.07, 6.45) is -2.94. The van der Waals surface area contributed by atoms with Gasteiger partial charge in [-0.25, -0.2) is 9.97 Å². The van der Waals surface area contributed by atoms with E-state index in [0.29, 0.717) is 5.52 Å². The molecule has 3 aromatic carbocycles. The van der Waals surface area contributed by atoms with Gasteiger partial charge in [0.2, 0.25) is 5.95 Å². The van der Waals surface area contributed by atoms with Crippen molar-refractivity contribution >= 4 is 40.0 Å². The van der Waals surface area contributed by atoms with Crippen LogP contribution >= 0.6 is 11.6 Å². The van der Waals surface area contributed by atoms with Crippen LogP contribution < -0.4 is 11.1 Å². The quantitative estimate of drug-likeness (QED) is 0.389. The first-order valence-corrected chi connectivity index (χ1v) is 9.81. The number of nitrogens with two attached hydrogens (primary N) is 1. The molecule has 0 saturated heterocycles. The zero-order chi connectivity index (χ0) is 23.0. The van der Waals surface area contributed by atoms with E-state index >= 15 is 0 Å². The number of carbonyl (C=O) groups is 1. The molecule has 0 bridgehead atoms. The van der Waals surface area contributed by atoms with Crippen molar-refractivity contribution in [3.63, 3.8) is 0 Å². The Morgan fingerprint density at radius 1 is 1.06 bits per heavy atom. The van der Waals surface area contributed by atoms with Crippen molar-refractivity contribution in [2.24, 2.45) is 0 Å². The summed E-state index contributed by atoms with van der Waals surface area (Å²) in [6, 6.07) is 13.3. The first kappa shape index (κ1) is 21.6. The fourth-order valence-corrected chi connectivity index (χ4v) is 3.45. The maximum Gasteiger partial charge on any atom is 0.416 e. The van der Waals surface area contributed by atoms with Gasteiger partial charge in [-0.15, -0.1) is 0 Å². The number of aromatic nitrogens is 2. The number of hydrogen-bond acceptors (Lipinski definition) is 4. The number of alkyl halides is 3. The number of carbonyl (C=O) groups excluding carboxylic acids is 1. The predicted octanol–water partition coefficient (Wildman–Crippen LogP) is 6.11. The van der Waals surface area contributed by atoms with Gasteiger partial charge < -0.3 is 11.1 Å². The second-order valence-electron chi connectivity index (χ2n) is 7.18. The number of nitrogens with zero attached hydrogens (tertiary/aromatic N) is 2. The van der Waals surface area contributed by atoms with Crippen LogP contribution in [-0.2, 0) is 6.18 Å². The first-order chi connectivity index (χ1) is 15.1. The van der Waals surface area contributed by atoms with Gasteiger partial charge >= 0.3 is 6.18 Å². The molecule has 5 nitrogen and oxygen atoms in total. The number of rotatable bonds is 3. The number of aryl methyl sites for hydroxylation is 1. The standard InChI is InChI=1S/C23H16ClF3N4O/c1-12-2-3-14(21(32)30-20-10-16(23(25,26)27)5-6-18(20)24)9-17(12)13-4-7-19-15(8-13)11-29-22(28)31-19/h2-11H,1H3,(H,30,32)(H2,28,29,31). The number of hydrogen-bond donors (Lipinski definition) is 2. The smallest absolute Gasteiger partial charge is 0.368 e. The molecule has 4 aromatic rings. The molecule has 9 heteroatoms. The van der Waals surface area contributed by atoms with E-state index in [9.17, 15) is 18.0 Å². The molecule has 0 saturated carbocycles. The van der Waals surface area contributed by atoms with Crippen molar-refractivity contribution in [2.45, 2.75) is 13.1 Å². The van der Waals surface area contributed by atoms with E-state index in [1.807, 2.05) is 19.1 Å². The lowest BCUT2D eigenvalue weighted by Gasteiger charge is -2.13. The molecule has 0 aliphatic carbocycles. The highest BCUT2D eigenvalue weighted by Crippen LogP contribution is 2.34. The lowest BCUT2D eigenvalue weighted by atomic mass is 9.97. The van der Waals surface area contributed by atoms with E-state index in [4.69, 9.17) is 17.3 Å². The van der Waals surface area contributed by atoms with Crippen LogP contribution in [0.25, 0.3) is 22.0 Å². The number of amides is 1. The second-order valence-corrected chi connectivity index (χ2v) is 7.59. The van der Waals surface area contributed by atoms with Crippen LogP contribution in [0.15, 0.2) is 60.8 Å². The fraction of sp³-hybridized carbons (Fsp3) is 0.0870. The Morgan fingerprint density at radius 3 is 2.59 bits per heavy atom. The molecule has 32 heavy (non-hydrogen) atoms. The molecule has 0 aliphatic heterocycles. The van der Waals surface area contributed by atoms with Gasteiger partial charge in [0.25, 0.3) is 5.91 Å². The molecule has 0 radical (unpaired) electrons. The minimum Gasteiger partial charge on any atom is -0.368 e. The van der Waals surface area contributed by atoms with Gasteiger partial charge in [0.15, 0.2) is 0 Å². The molecule has 4 rings (SSSR count). The van der Waals surface area contributed by atoms with Crippen molar-refractivity contribution in [2.75, 3.05) is 11.1 Å². The Balaban J connectivity index is 1.67. The van der Waals surface area contributed by atoms with E-state index in [1.54, 1.807) is 30.5 Å². The number of nitrogens with one attached hydrogen (secondary N) is 1. The summed E-state index contributed by atoms with van der Waals surface area (Å²) in [5, 5.41) is 3.25. The van der Waals surface area contributed by atoms with Crippen molar-refractivity contribution < 1.29 is 18.0 Å². The molecule has 0 unspecified atom stereocenters. The van der Waals surface area contributed by atoms with Crippen LogP contribution in [0.1, 0.15) is 21.5 Å². The predicted molar refractivity (Wildman–Crippen MR) is 119 cm³/mol. The minimum atomic E-state index is -4.55. The fourth-order valence-electron chi connectivity index (χ4n) is 3.28. The lowest BCUT2D eigenvalue weighted by Crippen LogP contribution is -2.14. The molecule has 0 aliphatic rings. The SMILES string of the molecule is Cc1ccc(C(=O)Nc2cc(C(F)(F)F)ccc2Cl)cc1-c1ccc2nc(N)ncc2c1. The zero-order valence-corrected chi connectivity index (χ0v) is 17.4. The van der Waals surface area contributed by atoms with Crippen molar-refractivity contribution in [3.8, 4) is 11.1 Å². The maximum atomic E-state index is 13.0. The van der Waals surface area contributed by atoms with Gasteiger partial charge in [-0.05, 0) is 66.1 Å². The van der Waals surface area contributed by atoms with E-state index in [0.717, 1.165) is 40.3 Å². The summed E-state index contributed by atoms with van der Waals surface area (Å²) in [7, 11) is 0. The molecule has 1 amide bonds. The molecule has 1 heterocycles. The Hall–Kier alpha value is -3.65. The highest BCUT2D eigenvalue weighted by Gasteiger charge is 2.31. The zero-order valence-electron chi connectivity index (χ0n) is 16.7. The highest BCUT2D eigenvalue weighted by molar-refractivity contribution is 6.34. The second kappa shape index (κ2) is 8.12. The van der Waals surface area contributed by atoms with E-state index in [2.05, 4.69) is 15.3 Å². The van der Waals surface area contributed by atoms with Crippen molar-refractivity contribution in [3.05, 3.63) is 82.5 Å². The molecule has 0 fully saturated rings. The summed E-state index contributed by atoms with van der Waals surface area (Å²) in [5.41, 5.74) is 8.08. The molecule has 3 N–H and O–H groups in total. The average Bonchev–Trinajstić information content (AvgIpc) is 2.74.